The molecule has 0 amide bonds. The second-order valence-corrected chi connectivity index (χ2v) is 9.56. The minimum atomic E-state index is -1.04. The van der Waals surface area contributed by atoms with Gasteiger partial charge in [0.15, 0.2) is 0 Å². The number of benzene rings is 1. The van der Waals surface area contributed by atoms with E-state index in [0.717, 1.165) is 29.5 Å². The first-order valence-corrected chi connectivity index (χ1v) is 13.5. The Kier molecular flexibility index (Phi) is 13.6. The number of unbranched alkanes of at least 4 members (excludes halogenated alkanes) is 9. The summed E-state index contributed by atoms with van der Waals surface area (Å²) in [5.41, 5.74) is 1.48. The van der Waals surface area contributed by atoms with Gasteiger partial charge in [-0.2, -0.15) is 0 Å². The molecule has 0 aliphatic heterocycles. The van der Waals surface area contributed by atoms with Crippen LogP contribution < -0.4 is 4.74 Å². The van der Waals surface area contributed by atoms with Gasteiger partial charge < -0.3 is 14.9 Å². The number of hydrogen-bond acceptors (Lipinski definition) is 5. The number of carboxylic acids is 2. The monoisotopic (exact) mass is 499 g/mol. The summed E-state index contributed by atoms with van der Waals surface area (Å²) in [7, 11) is 0. The van der Waals surface area contributed by atoms with Crippen molar-refractivity contribution in [3.8, 4) is 5.75 Å². The van der Waals surface area contributed by atoms with E-state index in [4.69, 9.17) is 14.9 Å². The van der Waals surface area contributed by atoms with Gasteiger partial charge in [-0.1, -0.05) is 70.8 Å². The van der Waals surface area contributed by atoms with E-state index in [1.807, 2.05) is 18.2 Å². The fourth-order valence-corrected chi connectivity index (χ4v) is 4.48. The molecule has 0 unspecified atom stereocenters. The summed E-state index contributed by atoms with van der Waals surface area (Å²) in [6.07, 6.45) is 15.0. The second kappa shape index (κ2) is 16.8. The minimum absolute atomic E-state index is 0.240. The maximum atomic E-state index is 11.2. The molecule has 6 nitrogen and oxygen atoms in total. The number of carbonyl (C=O) groups is 2. The van der Waals surface area contributed by atoms with E-state index in [0.29, 0.717) is 23.8 Å². The van der Waals surface area contributed by atoms with Crippen LogP contribution in [-0.2, 0) is 10.5 Å². The summed E-state index contributed by atoms with van der Waals surface area (Å²) in [6, 6.07) is 10.4. The number of hydrogen-bond donors (Lipinski definition) is 2. The molecule has 7 heteroatoms. The predicted molar refractivity (Wildman–Crippen MR) is 141 cm³/mol. The largest absolute Gasteiger partial charge is 0.491 e. The molecule has 0 aliphatic carbocycles. The molecule has 2 aromatic rings. The zero-order chi connectivity index (χ0) is 25.3. The standard InChI is InChI=1S/C28H37NO5S/c1-2-3-4-5-6-7-8-9-10-11-19-34-26-17-15-23(29-25(26)16-18-27(30)31)21-35-24-14-12-13-22(20-24)28(32)33/h12-18,20H,2-11,19,21H2,1H3,(H,30,31)(H,32,33)/b18-16+. The molecule has 0 atom stereocenters. The Morgan fingerprint density at radius 1 is 0.943 bits per heavy atom. The molecule has 0 saturated heterocycles. The van der Waals surface area contributed by atoms with Crippen LogP contribution in [0.3, 0.4) is 0 Å². The van der Waals surface area contributed by atoms with E-state index in [9.17, 15) is 9.59 Å². The van der Waals surface area contributed by atoms with Crippen molar-refractivity contribution in [2.45, 2.75) is 81.8 Å². The van der Waals surface area contributed by atoms with Gasteiger partial charge in [0, 0.05) is 16.7 Å². The highest BCUT2D eigenvalue weighted by molar-refractivity contribution is 7.98. The van der Waals surface area contributed by atoms with Crippen LogP contribution in [0.1, 0.15) is 92.9 Å². The van der Waals surface area contributed by atoms with Crippen molar-refractivity contribution in [3.05, 3.63) is 59.4 Å². The SMILES string of the molecule is CCCCCCCCCCCCOc1ccc(CSc2cccc(C(=O)O)c2)nc1/C=C/C(=O)O. The molecule has 35 heavy (non-hydrogen) atoms. The van der Waals surface area contributed by atoms with Gasteiger partial charge in [-0.15, -0.1) is 11.8 Å². The number of ether oxygens (including phenoxy) is 1. The van der Waals surface area contributed by atoms with E-state index in [-0.39, 0.29) is 5.56 Å². The lowest BCUT2D eigenvalue weighted by molar-refractivity contribution is -0.131. The highest BCUT2D eigenvalue weighted by Crippen LogP contribution is 2.26. The molecule has 1 heterocycles. The third kappa shape index (κ3) is 11.9. The zero-order valence-corrected chi connectivity index (χ0v) is 21.4. The van der Waals surface area contributed by atoms with Gasteiger partial charge in [0.25, 0.3) is 0 Å². The van der Waals surface area contributed by atoms with E-state index in [1.165, 1.54) is 69.2 Å². The third-order valence-electron chi connectivity index (χ3n) is 5.55. The summed E-state index contributed by atoms with van der Waals surface area (Å²) in [6.45, 7) is 2.81. The van der Waals surface area contributed by atoms with Crippen LogP contribution in [0.25, 0.3) is 6.08 Å². The quantitative estimate of drug-likeness (QED) is 0.125. The Morgan fingerprint density at radius 3 is 2.29 bits per heavy atom. The Labute approximate surface area is 212 Å². The summed E-state index contributed by atoms with van der Waals surface area (Å²) in [5, 5.41) is 18.2. The zero-order valence-electron chi connectivity index (χ0n) is 20.6. The highest BCUT2D eigenvalue weighted by Gasteiger charge is 2.08. The Balaban J connectivity index is 1.83. The second-order valence-electron chi connectivity index (χ2n) is 8.51. The normalized spacial score (nSPS) is 11.1. The average molecular weight is 500 g/mol. The van der Waals surface area contributed by atoms with Gasteiger partial charge in [0.1, 0.15) is 11.4 Å². The van der Waals surface area contributed by atoms with Crippen molar-refractivity contribution in [1.82, 2.24) is 4.98 Å². The molecule has 0 radical (unpaired) electrons. The summed E-state index contributed by atoms with van der Waals surface area (Å²) >= 11 is 1.47. The number of rotatable bonds is 18. The van der Waals surface area contributed by atoms with Crippen LogP contribution in [-0.4, -0.2) is 33.7 Å². The van der Waals surface area contributed by atoms with Crippen LogP contribution in [0.5, 0.6) is 5.75 Å². The van der Waals surface area contributed by atoms with Gasteiger partial charge in [0.05, 0.1) is 17.9 Å². The number of aromatic carboxylic acids is 1. The summed E-state index contributed by atoms with van der Waals surface area (Å²) in [4.78, 5) is 27.6. The first-order valence-electron chi connectivity index (χ1n) is 12.5. The Morgan fingerprint density at radius 2 is 1.63 bits per heavy atom. The first kappa shape index (κ1) is 28.4. The molecule has 1 aromatic carbocycles. The van der Waals surface area contributed by atoms with E-state index in [1.54, 1.807) is 18.2 Å². The van der Waals surface area contributed by atoms with Gasteiger partial charge in [-0.3, -0.25) is 0 Å². The molecular weight excluding hydrogens is 462 g/mol. The fourth-order valence-electron chi connectivity index (χ4n) is 3.62. The molecular formula is C28H37NO5S. The average Bonchev–Trinajstić information content (AvgIpc) is 2.85. The van der Waals surface area contributed by atoms with E-state index >= 15 is 0 Å². The number of pyridine rings is 1. The van der Waals surface area contributed by atoms with Crippen LogP contribution in [0.15, 0.2) is 47.4 Å². The Hall–Kier alpha value is -2.80. The van der Waals surface area contributed by atoms with Crippen molar-refractivity contribution in [2.24, 2.45) is 0 Å². The minimum Gasteiger partial charge on any atom is -0.491 e. The number of nitrogens with zero attached hydrogens (tertiary/aromatic N) is 1. The third-order valence-corrected chi connectivity index (χ3v) is 6.58. The lowest BCUT2D eigenvalue weighted by atomic mass is 10.1. The lowest BCUT2D eigenvalue weighted by Crippen LogP contribution is -2.02. The molecule has 0 saturated carbocycles. The van der Waals surface area contributed by atoms with Crippen molar-refractivity contribution in [3.63, 3.8) is 0 Å². The molecule has 0 bridgehead atoms. The molecule has 2 N–H and O–H groups in total. The van der Waals surface area contributed by atoms with E-state index < -0.39 is 11.9 Å². The van der Waals surface area contributed by atoms with Gasteiger partial charge in [-0.05, 0) is 42.8 Å². The number of carboxylic acid groups (broad SMARTS) is 2. The summed E-state index contributed by atoms with van der Waals surface area (Å²) < 4.78 is 5.92. The Bertz CT molecular complexity index is 960. The fraction of sp³-hybridized carbons (Fsp3) is 0.464. The van der Waals surface area contributed by atoms with Crippen molar-refractivity contribution < 1.29 is 24.5 Å². The van der Waals surface area contributed by atoms with Crippen LogP contribution >= 0.6 is 11.8 Å². The number of aromatic nitrogens is 1. The van der Waals surface area contributed by atoms with Gasteiger partial charge in [0.2, 0.25) is 0 Å². The molecule has 0 fully saturated rings. The maximum Gasteiger partial charge on any atom is 0.335 e. The van der Waals surface area contributed by atoms with Gasteiger partial charge in [-0.25, -0.2) is 14.6 Å². The van der Waals surface area contributed by atoms with Crippen molar-refractivity contribution in [2.75, 3.05) is 6.61 Å². The van der Waals surface area contributed by atoms with Crippen LogP contribution in [0.4, 0.5) is 0 Å². The molecule has 2 rings (SSSR count). The van der Waals surface area contributed by atoms with Crippen molar-refractivity contribution in [1.29, 1.82) is 0 Å². The van der Waals surface area contributed by atoms with Crippen LogP contribution in [0, 0.1) is 0 Å². The molecule has 0 spiro atoms. The lowest BCUT2D eigenvalue weighted by Gasteiger charge is -2.11. The smallest absolute Gasteiger partial charge is 0.335 e. The number of aliphatic carboxylic acids is 1. The molecule has 190 valence electrons. The van der Waals surface area contributed by atoms with Crippen molar-refractivity contribution >= 4 is 29.8 Å². The molecule has 0 aliphatic rings. The number of thioether (sulfide) groups is 1. The maximum absolute atomic E-state index is 11.2. The highest BCUT2D eigenvalue weighted by atomic mass is 32.2. The van der Waals surface area contributed by atoms with Gasteiger partial charge >= 0.3 is 11.9 Å². The van der Waals surface area contributed by atoms with E-state index in [2.05, 4.69) is 11.9 Å². The predicted octanol–water partition coefficient (Wildman–Crippen LogP) is 7.47. The molecule has 1 aromatic heterocycles. The summed E-state index contributed by atoms with van der Waals surface area (Å²) in [5.74, 6) is -0.913. The van der Waals surface area contributed by atoms with Crippen LogP contribution in [0.2, 0.25) is 0 Å². The topological polar surface area (TPSA) is 96.7 Å². The first-order chi connectivity index (χ1) is 17.0.